The van der Waals surface area contributed by atoms with Gasteiger partial charge in [-0.3, -0.25) is 4.79 Å². The molecular weight excluding hydrogens is 271 g/mol. The van der Waals surface area contributed by atoms with Crippen LogP contribution in [0.15, 0.2) is 24.3 Å². The normalized spacial score (nSPS) is 19.1. The Morgan fingerprint density at radius 3 is 2.75 bits per heavy atom. The summed E-state index contributed by atoms with van der Waals surface area (Å²) >= 11 is 0. The van der Waals surface area contributed by atoms with Crippen LogP contribution in [0, 0.1) is 5.92 Å². The fourth-order valence-electron chi connectivity index (χ4n) is 2.22. The topological polar surface area (TPSA) is 38.3 Å². The molecule has 1 aromatic carbocycles. The standard InChI is InChI=1S/C14H16F3NO2/c15-14(16,17)12-4-2-1-3-11(12)8-18-13(19)7-10-5-6-20-9-10/h1-4,10H,5-9H2,(H,18,19)/t10-/m1/s1. The molecule has 1 heterocycles. The van der Waals surface area contributed by atoms with Gasteiger partial charge in [0.25, 0.3) is 0 Å². The number of ether oxygens (including phenoxy) is 1. The Morgan fingerprint density at radius 2 is 2.10 bits per heavy atom. The van der Waals surface area contributed by atoms with Crippen LogP contribution in [-0.2, 0) is 22.3 Å². The van der Waals surface area contributed by atoms with Crippen LogP contribution >= 0.6 is 0 Å². The minimum absolute atomic E-state index is 0.0796. The van der Waals surface area contributed by atoms with Crippen molar-refractivity contribution in [1.29, 1.82) is 0 Å². The molecule has 1 aliphatic rings. The second-order valence-corrected chi connectivity index (χ2v) is 4.87. The van der Waals surface area contributed by atoms with Crippen LogP contribution in [-0.4, -0.2) is 19.1 Å². The number of amides is 1. The van der Waals surface area contributed by atoms with Crippen molar-refractivity contribution < 1.29 is 22.7 Å². The van der Waals surface area contributed by atoms with E-state index in [1.807, 2.05) is 0 Å². The monoisotopic (exact) mass is 287 g/mol. The lowest BCUT2D eigenvalue weighted by molar-refractivity contribution is -0.138. The molecule has 0 aliphatic carbocycles. The highest BCUT2D eigenvalue weighted by molar-refractivity contribution is 5.76. The number of carbonyl (C=O) groups is 1. The van der Waals surface area contributed by atoms with Crippen LogP contribution in [0.4, 0.5) is 13.2 Å². The molecule has 1 atom stereocenters. The Balaban J connectivity index is 1.92. The summed E-state index contributed by atoms with van der Waals surface area (Å²) in [5.74, 6) is -0.0645. The predicted octanol–water partition coefficient (Wildman–Crippen LogP) is 2.75. The summed E-state index contributed by atoms with van der Waals surface area (Å²) in [4.78, 5) is 11.7. The zero-order valence-electron chi connectivity index (χ0n) is 10.9. The van der Waals surface area contributed by atoms with Crippen molar-refractivity contribution in [2.24, 2.45) is 5.92 Å². The molecule has 1 N–H and O–H groups in total. The van der Waals surface area contributed by atoms with Crippen LogP contribution in [0.2, 0.25) is 0 Å². The predicted molar refractivity (Wildman–Crippen MR) is 66.8 cm³/mol. The van der Waals surface area contributed by atoms with Gasteiger partial charge in [-0.05, 0) is 24.0 Å². The van der Waals surface area contributed by atoms with Gasteiger partial charge in [-0.2, -0.15) is 13.2 Å². The number of carbonyl (C=O) groups excluding carboxylic acids is 1. The fourth-order valence-corrected chi connectivity index (χ4v) is 2.22. The molecular formula is C14H16F3NO2. The van der Waals surface area contributed by atoms with Crippen LogP contribution in [0.25, 0.3) is 0 Å². The fraction of sp³-hybridized carbons (Fsp3) is 0.500. The summed E-state index contributed by atoms with van der Waals surface area (Å²) < 4.78 is 43.5. The molecule has 6 heteroatoms. The number of hydrogen-bond donors (Lipinski definition) is 1. The van der Waals surface area contributed by atoms with Crippen LogP contribution < -0.4 is 5.32 Å². The van der Waals surface area contributed by atoms with Crippen molar-refractivity contribution >= 4 is 5.91 Å². The molecule has 110 valence electrons. The van der Waals surface area contributed by atoms with E-state index < -0.39 is 11.7 Å². The smallest absolute Gasteiger partial charge is 0.381 e. The maximum Gasteiger partial charge on any atom is 0.416 e. The van der Waals surface area contributed by atoms with E-state index in [9.17, 15) is 18.0 Å². The molecule has 0 radical (unpaired) electrons. The summed E-state index contributed by atoms with van der Waals surface area (Å²) in [5.41, 5.74) is -0.625. The van der Waals surface area contributed by atoms with E-state index in [4.69, 9.17) is 4.74 Å². The first-order valence-electron chi connectivity index (χ1n) is 6.46. The molecule has 0 spiro atoms. The average Bonchev–Trinajstić information content (AvgIpc) is 2.88. The summed E-state index contributed by atoms with van der Waals surface area (Å²) in [6, 6.07) is 5.26. The number of nitrogens with one attached hydrogen (secondary N) is 1. The molecule has 0 aromatic heterocycles. The molecule has 1 aliphatic heterocycles. The maximum atomic E-state index is 12.8. The van der Waals surface area contributed by atoms with Gasteiger partial charge in [0.05, 0.1) is 5.56 Å². The Labute approximate surface area is 115 Å². The van der Waals surface area contributed by atoms with Crippen molar-refractivity contribution in [3.05, 3.63) is 35.4 Å². The third-order valence-corrected chi connectivity index (χ3v) is 3.30. The zero-order chi connectivity index (χ0) is 14.6. The van der Waals surface area contributed by atoms with Crippen molar-refractivity contribution in [2.75, 3.05) is 13.2 Å². The van der Waals surface area contributed by atoms with Gasteiger partial charge in [-0.15, -0.1) is 0 Å². The Kier molecular flexibility index (Phi) is 4.65. The van der Waals surface area contributed by atoms with Gasteiger partial charge < -0.3 is 10.1 Å². The van der Waals surface area contributed by atoms with E-state index in [-0.39, 0.29) is 23.9 Å². The second kappa shape index (κ2) is 6.26. The highest BCUT2D eigenvalue weighted by Crippen LogP contribution is 2.31. The number of hydrogen-bond acceptors (Lipinski definition) is 2. The van der Waals surface area contributed by atoms with E-state index in [2.05, 4.69) is 5.32 Å². The average molecular weight is 287 g/mol. The first kappa shape index (κ1) is 14.8. The van der Waals surface area contributed by atoms with Crippen molar-refractivity contribution in [3.8, 4) is 0 Å². The van der Waals surface area contributed by atoms with Crippen molar-refractivity contribution in [1.82, 2.24) is 5.32 Å². The Morgan fingerprint density at radius 1 is 1.35 bits per heavy atom. The SMILES string of the molecule is O=C(C[C@H]1CCOC1)NCc1ccccc1C(F)(F)F. The molecule has 1 aromatic rings. The van der Waals surface area contributed by atoms with Crippen LogP contribution in [0.3, 0.4) is 0 Å². The highest BCUT2D eigenvalue weighted by Gasteiger charge is 2.32. The Hall–Kier alpha value is -1.56. The molecule has 0 unspecified atom stereocenters. The van der Waals surface area contributed by atoms with Gasteiger partial charge in [0.1, 0.15) is 0 Å². The maximum absolute atomic E-state index is 12.8. The molecule has 1 amide bonds. The lowest BCUT2D eigenvalue weighted by atomic mass is 10.0. The molecule has 1 fully saturated rings. The molecule has 1 saturated heterocycles. The third-order valence-electron chi connectivity index (χ3n) is 3.30. The third kappa shape index (κ3) is 3.96. The summed E-state index contributed by atoms with van der Waals surface area (Å²) in [7, 11) is 0. The van der Waals surface area contributed by atoms with Gasteiger partial charge in [0, 0.05) is 26.2 Å². The zero-order valence-corrected chi connectivity index (χ0v) is 10.9. The first-order chi connectivity index (χ1) is 9.47. The van der Waals surface area contributed by atoms with Crippen molar-refractivity contribution in [2.45, 2.75) is 25.6 Å². The molecule has 0 saturated carbocycles. The highest BCUT2D eigenvalue weighted by atomic mass is 19.4. The van der Waals surface area contributed by atoms with Crippen molar-refractivity contribution in [3.63, 3.8) is 0 Å². The van der Waals surface area contributed by atoms with Gasteiger partial charge in [-0.1, -0.05) is 18.2 Å². The number of halogens is 3. The van der Waals surface area contributed by atoms with Gasteiger partial charge in [0.15, 0.2) is 0 Å². The first-order valence-corrected chi connectivity index (χ1v) is 6.46. The molecule has 20 heavy (non-hydrogen) atoms. The summed E-state index contributed by atoms with van der Waals surface area (Å²) in [6.07, 6.45) is -3.28. The summed E-state index contributed by atoms with van der Waals surface area (Å²) in [5, 5.41) is 2.54. The van der Waals surface area contributed by atoms with E-state index >= 15 is 0 Å². The number of rotatable bonds is 4. The minimum Gasteiger partial charge on any atom is -0.381 e. The van der Waals surface area contributed by atoms with Crippen LogP contribution in [0.1, 0.15) is 24.0 Å². The molecule has 0 bridgehead atoms. The molecule has 2 rings (SSSR count). The second-order valence-electron chi connectivity index (χ2n) is 4.87. The largest absolute Gasteiger partial charge is 0.416 e. The summed E-state index contributed by atoms with van der Waals surface area (Å²) in [6.45, 7) is 1.09. The van der Waals surface area contributed by atoms with Gasteiger partial charge in [-0.25, -0.2) is 0 Å². The lowest BCUT2D eigenvalue weighted by Gasteiger charge is -2.14. The lowest BCUT2D eigenvalue weighted by Crippen LogP contribution is -2.26. The van der Waals surface area contributed by atoms with Gasteiger partial charge >= 0.3 is 6.18 Å². The quantitative estimate of drug-likeness (QED) is 0.924. The van der Waals surface area contributed by atoms with Crippen LogP contribution in [0.5, 0.6) is 0 Å². The van der Waals surface area contributed by atoms with E-state index in [1.165, 1.54) is 18.2 Å². The van der Waals surface area contributed by atoms with E-state index in [0.717, 1.165) is 12.5 Å². The number of benzene rings is 1. The number of alkyl halides is 3. The molecule has 3 nitrogen and oxygen atoms in total. The van der Waals surface area contributed by atoms with E-state index in [1.54, 1.807) is 0 Å². The Bertz CT molecular complexity index is 468. The minimum atomic E-state index is -4.40. The van der Waals surface area contributed by atoms with Gasteiger partial charge in [0.2, 0.25) is 5.91 Å². The van der Waals surface area contributed by atoms with E-state index in [0.29, 0.717) is 19.6 Å².